The lowest BCUT2D eigenvalue weighted by Crippen LogP contribution is -2.26. The van der Waals surface area contributed by atoms with Crippen molar-refractivity contribution in [3.8, 4) is 0 Å². The van der Waals surface area contributed by atoms with Gasteiger partial charge in [-0.1, -0.05) is 29.4 Å². The zero-order valence-corrected chi connectivity index (χ0v) is 19.6. The van der Waals surface area contributed by atoms with Gasteiger partial charge in [-0.3, -0.25) is 4.79 Å². The van der Waals surface area contributed by atoms with Gasteiger partial charge in [-0.25, -0.2) is 4.98 Å². The molecule has 12 heteroatoms. The van der Waals surface area contributed by atoms with Crippen LogP contribution in [0.3, 0.4) is 0 Å². The summed E-state index contributed by atoms with van der Waals surface area (Å²) in [6.45, 7) is 3.70. The number of carboxylic acid groups (broad SMARTS) is 1. The van der Waals surface area contributed by atoms with E-state index >= 15 is 0 Å². The van der Waals surface area contributed by atoms with Crippen LogP contribution >= 0.6 is 34.7 Å². The first kappa shape index (κ1) is 25.9. The molecule has 32 heavy (non-hydrogen) atoms. The van der Waals surface area contributed by atoms with E-state index in [0.29, 0.717) is 23.1 Å². The number of aromatic nitrogens is 1. The first-order chi connectivity index (χ1) is 14.8. The Morgan fingerprint density at radius 1 is 1.31 bits per heavy atom. The van der Waals surface area contributed by atoms with Gasteiger partial charge in [0, 0.05) is 29.6 Å². The van der Waals surface area contributed by atoms with E-state index in [-0.39, 0.29) is 16.3 Å². The largest absolute Gasteiger partial charge is 0.480 e. The molecule has 1 aromatic carbocycles. The summed E-state index contributed by atoms with van der Waals surface area (Å²) in [5.41, 5.74) is 12.2. The highest BCUT2D eigenvalue weighted by atomic mass is 35.5. The zero-order chi connectivity index (χ0) is 24.1. The van der Waals surface area contributed by atoms with E-state index in [1.807, 2.05) is 5.38 Å². The molecule has 0 spiro atoms. The standard InChI is InChI=1S/C20H22ClF3N4O2S2/c1-19(2,17(29)30)32-18-28-12(10-31-18)7-8-27-16(26)6-5-15(25)13-4-3-11(9-14(13)21)20(22,23)24/h3-6,9-10,27H,7-8,25-26H2,1-2H3,(H,29,30)/b15-5-,16-6+. The van der Waals surface area contributed by atoms with E-state index in [0.717, 1.165) is 17.8 Å². The SMILES string of the molecule is CC(C)(Sc1nc(CCN/C(N)=C/C=C(\N)c2ccc(C(F)(F)F)cc2Cl)cs1)C(=O)O. The number of halogens is 4. The summed E-state index contributed by atoms with van der Waals surface area (Å²) in [5.74, 6) is -0.614. The highest BCUT2D eigenvalue weighted by Gasteiger charge is 2.31. The molecule has 0 atom stereocenters. The molecule has 2 aromatic rings. The van der Waals surface area contributed by atoms with Gasteiger partial charge in [-0.15, -0.1) is 11.3 Å². The molecule has 0 aliphatic heterocycles. The number of hydrogen-bond acceptors (Lipinski definition) is 7. The van der Waals surface area contributed by atoms with Crippen LogP contribution in [0.2, 0.25) is 5.02 Å². The molecule has 0 aliphatic carbocycles. The molecule has 0 unspecified atom stereocenters. The molecule has 0 saturated carbocycles. The highest BCUT2D eigenvalue weighted by Crippen LogP contribution is 2.35. The maximum atomic E-state index is 12.7. The number of carbonyl (C=O) groups is 1. The van der Waals surface area contributed by atoms with Crippen molar-refractivity contribution >= 4 is 46.4 Å². The molecule has 0 radical (unpaired) electrons. The third-order valence-corrected chi connectivity index (χ3v) is 6.63. The van der Waals surface area contributed by atoms with Crippen molar-refractivity contribution in [2.75, 3.05) is 6.54 Å². The summed E-state index contributed by atoms with van der Waals surface area (Å²) in [4.78, 5) is 15.6. The lowest BCUT2D eigenvalue weighted by Gasteiger charge is -2.15. The summed E-state index contributed by atoms with van der Waals surface area (Å²) in [6.07, 6.45) is -0.995. The van der Waals surface area contributed by atoms with E-state index in [1.54, 1.807) is 13.8 Å². The lowest BCUT2D eigenvalue weighted by atomic mass is 10.1. The van der Waals surface area contributed by atoms with Crippen LogP contribution in [0, 0.1) is 0 Å². The fraction of sp³-hybridized carbons (Fsp3) is 0.300. The number of carboxylic acids is 1. The van der Waals surface area contributed by atoms with Crippen LogP contribution < -0.4 is 16.8 Å². The Morgan fingerprint density at radius 2 is 2.00 bits per heavy atom. The normalized spacial score (nSPS) is 13.3. The van der Waals surface area contributed by atoms with Crippen LogP contribution in [0.5, 0.6) is 0 Å². The van der Waals surface area contributed by atoms with Gasteiger partial charge in [-0.05, 0) is 38.1 Å². The maximum absolute atomic E-state index is 12.7. The molecule has 0 saturated heterocycles. The zero-order valence-electron chi connectivity index (χ0n) is 17.2. The Labute approximate surface area is 196 Å². The van der Waals surface area contributed by atoms with Crippen LogP contribution in [0.1, 0.15) is 30.7 Å². The van der Waals surface area contributed by atoms with Gasteiger partial charge < -0.3 is 21.9 Å². The number of nitrogens with zero attached hydrogens (tertiary/aromatic N) is 1. The Morgan fingerprint density at radius 3 is 2.59 bits per heavy atom. The number of hydrogen-bond donors (Lipinski definition) is 4. The number of thiazole rings is 1. The van der Waals surface area contributed by atoms with E-state index in [1.165, 1.54) is 41.3 Å². The second-order valence-electron chi connectivity index (χ2n) is 7.14. The minimum Gasteiger partial charge on any atom is -0.480 e. The molecular formula is C20H22ClF3N4O2S2. The third-order valence-electron chi connectivity index (χ3n) is 4.15. The summed E-state index contributed by atoms with van der Waals surface area (Å²) in [5, 5.41) is 13.9. The molecule has 0 aliphatic rings. The maximum Gasteiger partial charge on any atom is 0.416 e. The molecule has 6 N–H and O–H groups in total. The van der Waals surface area contributed by atoms with Crippen molar-refractivity contribution in [1.29, 1.82) is 0 Å². The van der Waals surface area contributed by atoms with Crippen molar-refractivity contribution in [1.82, 2.24) is 10.3 Å². The number of rotatable bonds is 9. The van der Waals surface area contributed by atoms with E-state index in [9.17, 15) is 23.1 Å². The lowest BCUT2D eigenvalue weighted by molar-refractivity contribution is -0.139. The fourth-order valence-electron chi connectivity index (χ4n) is 2.30. The molecular weight excluding hydrogens is 485 g/mol. The van der Waals surface area contributed by atoms with Gasteiger partial charge in [0.15, 0.2) is 4.34 Å². The first-order valence-electron chi connectivity index (χ1n) is 9.20. The quantitative estimate of drug-likeness (QED) is 0.288. The predicted molar refractivity (Wildman–Crippen MR) is 122 cm³/mol. The minimum absolute atomic E-state index is 0.114. The Bertz CT molecular complexity index is 1040. The van der Waals surface area contributed by atoms with Crippen molar-refractivity contribution < 1.29 is 23.1 Å². The number of allylic oxidation sites excluding steroid dienone is 2. The first-order valence-corrected chi connectivity index (χ1v) is 11.3. The number of nitrogens with one attached hydrogen (secondary N) is 1. The summed E-state index contributed by atoms with van der Waals surface area (Å²) in [7, 11) is 0. The predicted octanol–water partition coefficient (Wildman–Crippen LogP) is 4.70. The average Bonchev–Trinajstić information content (AvgIpc) is 3.11. The smallest absolute Gasteiger partial charge is 0.416 e. The van der Waals surface area contributed by atoms with Gasteiger partial charge in [0.05, 0.1) is 22.1 Å². The minimum atomic E-state index is -4.49. The van der Waals surface area contributed by atoms with Crippen LogP contribution in [0.4, 0.5) is 13.2 Å². The van der Waals surface area contributed by atoms with Crippen LogP contribution in [0.15, 0.2) is 45.9 Å². The average molecular weight is 507 g/mol. The Hall–Kier alpha value is -2.37. The second kappa shape index (κ2) is 10.5. The van der Waals surface area contributed by atoms with Gasteiger partial charge in [-0.2, -0.15) is 13.2 Å². The van der Waals surface area contributed by atoms with E-state index < -0.39 is 22.5 Å². The second-order valence-corrected chi connectivity index (χ2v) is 10.3. The van der Waals surface area contributed by atoms with Crippen LogP contribution in [-0.2, 0) is 17.4 Å². The molecule has 0 fully saturated rings. The summed E-state index contributed by atoms with van der Waals surface area (Å²) >= 11 is 8.49. The van der Waals surface area contributed by atoms with Crippen LogP contribution in [-0.4, -0.2) is 27.4 Å². The summed E-state index contributed by atoms with van der Waals surface area (Å²) in [6, 6.07) is 2.93. The van der Waals surface area contributed by atoms with Crippen molar-refractivity contribution in [2.24, 2.45) is 11.5 Å². The number of thioether (sulfide) groups is 1. The topological polar surface area (TPSA) is 114 Å². The third kappa shape index (κ3) is 7.35. The van der Waals surface area contributed by atoms with E-state index in [2.05, 4.69) is 10.3 Å². The number of nitrogens with two attached hydrogens (primary N) is 2. The molecule has 1 heterocycles. The highest BCUT2D eigenvalue weighted by molar-refractivity contribution is 8.02. The van der Waals surface area contributed by atoms with Crippen molar-refractivity contribution in [3.63, 3.8) is 0 Å². The van der Waals surface area contributed by atoms with Crippen molar-refractivity contribution in [2.45, 2.75) is 35.5 Å². The van der Waals surface area contributed by atoms with Gasteiger partial charge >= 0.3 is 12.1 Å². The molecule has 1 aromatic heterocycles. The number of aliphatic carboxylic acids is 1. The molecule has 6 nitrogen and oxygen atoms in total. The molecule has 0 amide bonds. The van der Waals surface area contributed by atoms with Crippen molar-refractivity contribution in [3.05, 3.63) is 63.4 Å². The van der Waals surface area contributed by atoms with Crippen LogP contribution in [0.25, 0.3) is 5.70 Å². The molecule has 174 valence electrons. The van der Waals surface area contributed by atoms with E-state index in [4.69, 9.17) is 23.1 Å². The number of benzene rings is 1. The Balaban J connectivity index is 1.92. The Kier molecular flexibility index (Phi) is 8.49. The number of alkyl halides is 3. The molecule has 0 bridgehead atoms. The fourth-order valence-corrected chi connectivity index (χ4v) is 4.82. The monoisotopic (exact) mass is 506 g/mol. The summed E-state index contributed by atoms with van der Waals surface area (Å²) < 4.78 is 37.9. The van der Waals surface area contributed by atoms with Gasteiger partial charge in [0.1, 0.15) is 4.75 Å². The molecule has 2 rings (SSSR count). The van der Waals surface area contributed by atoms with Gasteiger partial charge in [0.2, 0.25) is 0 Å². The van der Waals surface area contributed by atoms with Gasteiger partial charge in [0.25, 0.3) is 0 Å².